The standard InChI is InChI=1S/C24H26N6O2/c1-14-5-18(12-25-11-14)21-29-30-22(32-21)23-7-16-6-17(8-23)10-24(9-16,13-23)28-20(31)19-3-4-26-15(2)27-19/h3-5,11-12,16-17H,6-10,13H2,1-2H3,(H,28,31). The third kappa shape index (κ3) is 3.20. The van der Waals surface area contributed by atoms with Crippen LogP contribution in [0.2, 0.25) is 0 Å². The number of rotatable bonds is 4. The number of hydrogen-bond acceptors (Lipinski definition) is 7. The number of aryl methyl sites for hydroxylation is 2. The molecule has 3 aromatic rings. The zero-order chi connectivity index (χ0) is 21.9. The Morgan fingerprint density at radius 1 is 1.12 bits per heavy atom. The maximum Gasteiger partial charge on any atom is 0.270 e. The van der Waals surface area contributed by atoms with E-state index < -0.39 is 0 Å². The molecule has 4 saturated carbocycles. The van der Waals surface area contributed by atoms with Crippen LogP contribution in [0.4, 0.5) is 0 Å². The second kappa shape index (κ2) is 6.92. The first kappa shape index (κ1) is 19.5. The molecule has 1 N–H and O–H groups in total. The maximum absolute atomic E-state index is 13.1. The summed E-state index contributed by atoms with van der Waals surface area (Å²) in [6.07, 6.45) is 11.3. The molecule has 2 atom stereocenters. The fraction of sp³-hybridized carbons (Fsp3) is 0.500. The van der Waals surface area contributed by atoms with E-state index in [1.807, 2.05) is 19.2 Å². The summed E-state index contributed by atoms with van der Waals surface area (Å²) in [6, 6.07) is 3.69. The molecule has 2 unspecified atom stereocenters. The molecule has 0 aliphatic heterocycles. The van der Waals surface area contributed by atoms with Gasteiger partial charge in [-0.1, -0.05) is 0 Å². The van der Waals surface area contributed by atoms with Crippen molar-refractivity contribution >= 4 is 5.91 Å². The Bertz CT molecular complexity index is 1190. The highest BCUT2D eigenvalue weighted by Gasteiger charge is 2.60. The Labute approximate surface area is 186 Å². The van der Waals surface area contributed by atoms with Crippen LogP contribution < -0.4 is 5.32 Å². The average Bonchev–Trinajstić information content (AvgIpc) is 3.24. The first-order valence-electron chi connectivity index (χ1n) is 11.3. The van der Waals surface area contributed by atoms with E-state index in [2.05, 4.69) is 30.5 Å². The molecule has 3 aromatic heterocycles. The van der Waals surface area contributed by atoms with E-state index in [0.29, 0.717) is 35.1 Å². The van der Waals surface area contributed by atoms with Crippen LogP contribution in [0.1, 0.15) is 66.3 Å². The molecule has 32 heavy (non-hydrogen) atoms. The highest BCUT2D eigenvalue weighted by Crippen LogP contribution is 2.62. The van der Waals surface area contributed by atoms with Crippen LogP contribution in [-0.4, -0.2) is 36.6 Å². The molecule has 4 bridgehead atoms. The molecule has 8 heteroatoms. The van der Waals surface area contributed by atoms with Gasteiger partial charge >= 0.3 is 0 Å². The van der Waals surface area contributed by atoms with Crippen molar-refractivity contribution in [2.45, 2.75) is 63.3 Å². The van der Waals surface area contributed by atoms with E-state index in [9.17, 15) is 4.79 Å². The molecule has 4 fully saturated rings. The predicted molar refractivity (Wildman–Crippen MR) is 116 cm³/mol. The number of carbonyl (C=O) groups is 1. The summed E-state index contributed by atoms with van der Waals surface area (Å²) in [5.74, 6) is 2.81. The van der Waals surface area contributed by atoms with E-state index in [4.69, 9.17) is 4.42 Å². The van der Waals surface area contributed by atoms with E-state index in [-0.39, 0.29) is 16.9 Å². The average molecular weight is 431 g/mol. The largest absolute Gasteiger partial charge is 0.420 e. The molecule has 0 aromatic carbocycles. The van der Waals surface area contributed by atoms with Crippen LogP contribution in [0, 0.1) is 25.7 Å². The Kier molecular flexibility index (Phi) is 4.22. The van der Waals surface area contributed by atoms with Gasteiger partial charge in [-0.25, -0.2) is 9.97 Å². The lowest BCUT2D eigenvalue weighted by Gasteiger charge is -2.60. The fourth-order valence-corrected chi connectivity index (χ4v) is 6.77. The number of nitrogens with one attached hydrogen (secondary N) is 1. The van der Waals surface area contributed by atoms with Crippen molar-refractivity contribution in [3.8, 4) is 11.5 Å². The number of nitrogens with zero attached hydrogens (tertiary/aromatic N) is 5. The van der Waals surface area contributed by atoms with Crippen molar-refractivity contribution in [2.24, 2.45) is 11.8 Å². The second-order valence-corrected chi connectivity index (χ2v) is 10.1. The monoisotopic (exact) mass is 430 g/mol. The molecule has 3 heterocycles. The van der Waals surface area contributed by atoms with Crippen molar-refractivity contribution in [1.82, 2.24) is 30.5 Å². The molecule has 0 saturated heterocycles. The number of carbonyl (C=O) groups excluding carboxylic acids is 1. The molecular formula is C24H26N6O2. The first-order valence-corrected chi connectivity index (χ1v) is 11.3. The number of aromatic nitrogens is 5. The van der Waals surface area contributed by atoms with Crippen LogP contribution in [0.15, 0.2) is 35.1 Å². The topological polar surface area (TPSA) is 107 Å². The quantitative estimate of drug-likeness (QED) is 0.674. The number of hydrogen-bond donors (Lipinski definition) is 1. The second-order valence-electron chi connectivity index (χ2n) is 10.1. The number of amides is 1. The molecule has 8 nitrogen and oxygen atoms in total. The molecule has 4 aliphatic rings. The van der Waals surface area contributed by atoms with E-state index >= 15 is 0 Å². The van der Waals surface area contributed by atoms with Crippen molar-refractivity contribution < 1.29 is 9.21 Å². The van der Waals surface area contributed by atoms with Gasteiger partial charge in [0, 0.05) is 24.1 Å². The Morgan fingerprint density at radius 3 is 2.69 bits per heavy atom. The fourth-order valence-electron chi connectivity index (χ4n) is 6.77. The molecule has 0 radical (unpaired) electrons. The van der Waals surface area contributed by atoms with Crippen molar-refractivity contribution in [3.63, 3.8) is 0 Å². The Balaban J connectivity index is 1.31. The first-order chi connectivity index (χ1) is 15.4. The summed E-state index contributed by atoms with van der Waals surface area (Å²) < 4.78 is 6.26. The Morgan fingerprint density at radius 2 is 1.94 bits per heavy atom. The van der Waals surface area contributed by atoms with Gasteiger partial charge in [-0.3, -0.25) is 9.78 Å². The SMILES string of the molecule is Cc1cncc(-c2nnc(C34CC5CC(CC(NC(=O)c6ccnc(C)n6)(C5)C3)C4)o2)c1. The third-order valence-electron chi connectivity index (χ3n) is 7.45. The van der Waals surface area contributed by atoms with Gasteiger partial charge < -0.3 is 9.73 Å². The van der Waals surface area contributed by atoms with Gasteiger partial charge in [0.15, 0.2) is 0 Å². The predicted octanol–water partition coefficient (Wildman–Crippen LogP) is 3.56. The minimum Gasteiger partial charge on any atom is -0.420 e. The minimum absolute atomic E-state index is 0.121. The van der Waals surface area contributed by atoms with Crippen LogP contribution >= 0.6 is 0 Å². The van der Waals surface area contributed by atoms with Gasteiger partial charge in [-0.2, -0.15) is 0 Å². The summed E-state index contributed by atoms with van der Waals surface area (Å²) >= 11 is 0. The van der Waals surface area contributed by atoms with E-state index in [1.54, 1.807) is 25.4 Å². The molecule has 0 spiro atoms. The normalized spacial score (nSPS) is 30.4. The van der Waals surface area contributed by atoms with E-state index in [1.165, 1.54) is 6.42 Å². The van der Waals surface area contributed by atoms with Gasteiger partial charge in [0.25, 0.3) is 5.91 Å². The summed E-state index contributed by atoms with van der Waals surface area (Å²) in [7, 11) is 0. The summed E-state index contributed by atoms with van der Waals surface area (Å²) in [6.45, 7) is 3.80. The van der Waals surface area contributed by atoms with Crippen molar-refractivity contribution in [1.29, 1.82) is 0 Å². The van der Waals surface area contributed by atoms with Crippen molar-refractivity contribution in [3.05, 3.63) is 53.7 Å². The maximum atomic E-state index is 13.1. The smallest absolute Gasteiger partial charge is 0.270 e. The zero-order valence-electron chi connectivity index (χ0n) is 18.3. The lowest BCUT2D eigenvalue weighted by Crippen LogP contribution is -2.64. The summed E-state index contributed by atoms with van der Waals surface area (Å²) in [5, 5.41) is 12.3. The molecule has 1 amide bonds. The van der Waals surface area contributed by atoms with Gasteiger partial charge in [-0.15, -0.1) is 10.2 Å². The van der Waals surface area contributed by atoms with Gasteiger partial charge in [0.05, 0.1) is 11.0 Å². The van der Waals surface area contributed by atoms with Crippen LogP contribution in [0.3, 0.4) is 0 Å². The molecular weight excluding hydrogens is 404 g/mol. The Hall–Kier alpha value is -3.16. The summed E-state index contributed by atoms with van der Waals surface area (Å²) in [4.78, 5) is 25.8. The van der Waals surface area contributed by atoms with Crippen molar-refractivity contribution in [2.75, 3.05) is 0 Å². The minimum atomic E-state index is -0.250. The van der Waals surface area contributed by atoms with Crippen LogP contribution in [0.25, 0.3) is 11.5 Å². The van der Waals surface area contributed by atoms with Crippen LogP contribution in [-0.2, 0) is 5.41 Å². The highest BCUT2D eigenvalue weighted by atomic mass is 16.4. The van der Waals surface area contributed by atoms with Gasteiger partial charge in [0.2, 0.25) is 11.8 Å². The lowest BCUT2D eigenvalue weighted by atomic mass is 9.46. The highest BCUT2D eigenvalue weighted by molar-refractivity contribution is 5.92. The number of pyridine rings is 1. The molecule has 7 rings (SSSR count). The van der Waals surface area contributed by atoms with Crippen LogP contribution in [0.5, 0.6) is 0 Å². The molecule has 164 valence electrons. The molecule has 4 aliphatic carbocycles. The third-order valence-corrected chi connectivity index (χ3v) is 7.45. The lowest BCUT2D eigenvalue weighted by molar-refractivity contribution is -0.0471. The summed E-state index contributed by atoms with van der Waals surface area (Å²) in [5.41, 5.74) is 1.89. The van der Waals surface area contributed by atoms with E-state index in [0.717, 1.165) is 43.2 Å². The van der Waals surface area contributed by atoms with Gasteiger partial charge in [-0.05, 0) is 81.9 Å². The zero-order valence-corrected chi connectivity index (χ0v) is 18.3. The van der Waals surface area contributed by atoms with Gasteiger partial charge in [0.1, 0.15) is 11.5 Å².